The molecule has 0 aromatic heterocycles. The van der Waals surface area contributed by atoms with E-state index in [1.54, 1.807) is 4.90 Å². The van der Waals surface area contributed by atoms with Crippen LogP contribution in [0.5, 0.6) is 0 Å². The summed E-state index contributed by atoms with van der Waals surface area (Å²) in [7, 11) is 0. The number of hydrogen-bond acceptors (Lipinski definition) is 6. The minimum absolute atomic E-state index is 0.0750. The molecule has 4 unspecified atom stereocenters. The Morgan fingerprint density at radius 3 is 2.29 bits per heavy atom. The van der Waals surface area contributed by atoms with Crippen molar-refractivity contribution in [1.82, 2.24) is 31.1 Å². The van der Waals surface area contributed by atoms with E-state index in [1.807, 2.05) is 56.9 Å². The fourth-order valence-corrected chi connectivity index (χ4v) is 8.58. The number of Topliss-reactive ketones (excluding diaryl/α,β-unsaturated/α-hetero) is 1. The van der Waals surface area contributed by atoms with E-state index in [0.717, 1.165) is 24.0 Å². The van der Waals surface area contributed by atoms with E-state index < -0.39 is 41.8 Å². The highest BCUT2D eigenvalue weighted by molar-refractivity contribution is 6.38. The third-order valence-corrected chi connectivity index (χ3v) is 11.9. The van der Waals surface area contributed by atoms with Crippen molar-refractivity contribution in [2.24, 2.45) is 28.6 Å². The molecule has 1 saturated carbocycles. The number of carbonyl (C=O) groups excluding carboxylic acids is 6. The highest BCUT2D eigenvalue weighted by atomic mass is 16.2. The third-order valence-electron chi connectivity index (χ3n) is 11.9. The summed E-state index contributed by atoms with van der Waals surface area (Å²) in [6.45, 7) is 17.2. The van der Waals surface area contributed by atoms with Gasteiger partial charge in [-0.1, -0.05) is 78.3 Å². The second-order valence-electron chi connectivity index (χ2n) is 16.8. The number of likely N-dealkylation sites (tertiary alicyclic amines) is 2. The Bertz CT molecular complexity index is 1540. The van der Waals surface area contributed by atoms with Crippen molar-refractivity contribution in [3.63, 3.8) is 0 Å². The molecule has 0 spiro atoms. The Labute approximate surface area is 308 Å². The van der Waals surface area contributed by atoms with Gasteiger partial charge in [-0.3, -0.25) is 24.0 Å². The van der Waals surface area contributed by atoms with Gasteiger partial charge in [0.25, 0.3) is 5.91 Å². The van der Waals surface area contributed by atoms with Gasteiger partial charge in [-0.25, -0.2) is 4.79 Å². The van der Waals surface area contributed by atoms with Crippen LogP contribution < -0.4 is 21.3 Å². The van der Waals surface area contributed by atoms with Crippen LogP contribution in [0.15, 0.2) is 36.9 Å². The quantitative estimate of drug-likeness (QED) is 0.171. The second-order valence-corrected chi connectivity index (χ2v) is 16.8. The third kappa shape index (κ3) is 8.36. The summed E-state index contributed by atoms with van der Waals surface area (Å²) < 4.78 is 0. The molecule has 2 heterocycles. The van der Waals surface area contributed by atoms with E-state index in [9.17, 15) is 28.8 Å². The molecule has 5 rings (SSSR count). The van der Waals surface area contributed by atoms with E-state index in [1.165, 1.54) is 6.08 Å². The highest BCUT2D eigenvalue weighted by Crippen LogP contribution is 2.65. The number of rotatable bonds is 14. The van der Waals surface area contributed by atoms with Gasteiger partial charge >= 0.3 is 6.03 Å². The number of benzene rings is 1. The molecule has 2 saturated heterocycles. The van der Waals surface area contributed by atoms with Crippen molar-refractivity contribution in [3.05, 3.63) is 48.0 Å². The highest BCUT2D eigenvalue weighted by Gasteiger charge is 2.69. The largest absolute Gasteiger partial charge is 0.346 e. The number of ketones is 1. The number of piperidine rings is 2. The lowest BCUT2D eigenvalue weighted by atomic mass is 9.86. The monoisotopic (exact) mass is 718 g/mol. The average molecular weight is 719 g/mol. The first kappa shape index (κ1) is 39.0. The molecule has 4 aliphatic rings. The van der Waals surface area contributed by atoms with Gasteiger partial charge in [0.1, 0.15) is 12.1 Å². The first-order valence-electron chi connectivity index (χ1n) is 19.0. The first-order chi connectivity index (χ1) is 24.6. The topological polar surface area (TPSA) is 157 Å². The Hall–Kier alpha value is -4.22. The van der Waals surface area contributed by atoms with Crippen molar-refractivity contribution in [2.75, 3.05) is 26.2 Å². The normalized spacial score (nSPS) is 23.8. The lowest BCUT2D eigenvalue weighted by molar-refractivity contribution is -0.144. The zero-order chi connectivity index (χ0) is 38.0. The Morgan fingerprint density at radius 2 is 1.69 bits per heavy atom. The summed E-state index contributed by atoms with van der Waals surface area (Å²) in [5, 5.41) is 11.5. The SMILES string of the molecule is C=CCNC(=O)C(=O)C(CCC)NC(=O)C1C2C(CN1C(=O)[C@@H](NC(=O)N[C@H](CN1CCCCC1=O)C(C)(C)C)C1Cc3ccccc3C1)C2(C)C. The van der Waals surface area contributed by atoms with Gasteiger partial charge < -0.3 is 31.1 Å². The lowest BCUT2D eigenvalue weighted by Crippen LogP contribution is -2.62. The zero-order valence-electron chi connectivity index (χ0n) is 31.8. The number of fused-ring (bicyclic) bond motifs is 2. The molecule has 6 atom stereocenters. The fraction of sp³-hybridized carbons (Fsp3) is 0.650. The van der Waals surface area contributed by atoms with Crippen LogP contribution in [0.25, 0.3) is 0 Å². The zero-order valence-corrected chi connectivity index (χ0v) is 31.8. The smallest absolute Gasteiger partial charge is 0.315 e. The molecular formula is C40H58N6O6. The maximum absolute atomic E-state index is 14.8. The fourth-order valence-electron chi connectivity index (χ4n) is 8.58. The summed E-state index contributed by atoms with van der Waals surface area (Å²) in [5.74, 6) is -2.56. The van der Waals surface area contributed by atoms with Gasteiger partial charge in [0.05, 0.1) is 12.1 Å². The molecule has 52 heavy (non-hydrogen) atoms. The molecule has 6 amide bonds. The minimum Gasteiger partial charge on any atom is -0.346 e. The number of urea groups is 1. The van der Waals surface area contributed by atoms with Crippen LogP contribution in [0.1, 0.15) is 84.8 Å². The summed E-state index contributed by atoms with van der Waals surface area (Å²) in [4.78, 5) is 84.8. The van der Waals surface area contributed by atoms with Gasteiger partial charge in [-0.2, -0.15) is 0 Å². The number of hydrogen-bond donors (Lipinski definition) is 4. The van der Waals surface area contributed by atoms with Gasteiger partial charge in [-0.15, -0.1) is 6.58 Å². The van der Waals surface area contributed by atoms with E-state index in [4.69, 9.17) is 0 Å². The van der Waals surface area contributed by atoms with E-state index in [0.29, 0.717) is 45.3 Å². The Kier molecular flexibility index (Phi) is 11.8. The van der Waals surface area contributed by atoms with Crippen molar-refractivity contribution in [2.45, 2.75) is 111 Å². The van der Waals surface area contributed by atoms with Crippen LogP contribution in [0, 0.1) is 28.6 Å². The predicted octanol–water partition coefficient (Wildman–Crippen LogP) is 3.14. The molecule has 2 aliphatic carbocycles. The van der Waals surface area contributed by atoms with Gasteiger partial charge in [0, 0.05) is 32.6 Å². The Balaban J connectivity index is 1.38. The number of amides is 6. The number of nitrogens with one attached hydrogen (secondary N) is 4. The van der Waals surface area contributed by atoms with E-state index >= 15 is 0 Å². The van der Waals surface area contributed by atoms with Gasteiger partial charge in [0.15, 0.2) is 0 Å². The maximum atomic E-state index is 14.8. The minimum atomic E-state index is -1.04. The van der Waals surface area contributed by atoms with Crippen LogP contribution in [0.2, 0.25) is 0 Å². The predicted molar refractivity (Wildman–Crippen MR) is 198 cm³/mol. The van der Waals surface area contributed by atoms with Crippen molar-refractivity contribution >= 4 is 35.4 Å². The standard InChI is InChI=1S/C40H58N6O6/c1-8-14-28(34(48)36(50)41-18-9-2)42-35(49)33-31-27(40(31,6)7)22-46(33)37(51)32(26-20-24-15-10-11-16-25(24)21-26)44-38(52)43-29(39(3,4)5)23-45-19-13-12-17-30(45)47/h9-11,15-16,26-29,31-33H,2,8,12-14,17-23H2,1,3-7H3,(H,41,50)(H,42,49)(H2,43,44,52)/t27?,28?,29-,31?,32+,33?/m1/s1. The molecule has 0 radical (unpaired) electrons. The molecule has 12 nitrogen and oxygen atoms in total. The number of carbonyl (C=O) groups is 6. The van der Waals surface area contributed by atoms with E-state index in [-0.39, 0.29) is 59.4 Å². The average Bonchev–Trinajstić information content (AvgIpc) is 3.45. The molecule has 3 fully saturated rings. The summed E-state index contributed by atoms with van der Waals surface area (Å²) >= 11 is 0. The summed E-state index contributed by atoms with van der Waals surface area (Å²) in [6.07, 6.45) is 5.78. The Morgan fingerprint density at radius 1 is 1.02 bits per heavy atom. The van der Waals surface area contributed by atoms with Crippen LogP contribution in [0.4, 0.5) is 4.79 Å². The van der Waals surface area contributed by atoms with Crippen LogP contribution in [0.3, 0.4) is 0 Å². The van der Waals surface area contributed by atoms with Crippen LogP contribution >= 0.6 is 0 Å². The van der Waals surface area contributed by atoms with Crippen molar-refractivity contribution in [1.29, 1.82) is 0 Å². The van der Waals surface area contributed by atoms with Gasteiger partial charge in [-0.05, 0) is 71.8 Å². The summed E-state index contributed by atoms with van der Waals surface area (Å²) in [5.41, 5.74) is 1.68. The van der Waals surface area contributed by atoms with Crippen LogP contribution in [-0.2, 0) is 36.8 Å². The van der Waals surface area contributed by atoms with Crippen molar-refractivity contribution < 1.29 is 28.8 Å². The number of nitrogens with zero attached hydrogens (tertiary/aromatic N) is 2. The molecular weight excluding hydrogens is 660 g/mol. The lowest BCUT2D eigenvalue weighted by Gasteiger charge is -2.38. The van der Waals surface area contributed by atoms with E-state index in [2.05, 4.69) is 41.7 Å². The molecule has 2 aliphatic heterocycles. The second kappa shape index (κ2) is 15.8. The summed E-state index contributed by atoms with van der Waals surface area (Å²) in [6, 6.07) is 4.32. The molecule has 0 bridgehead atoms. The maximum Gasteiger partial charge on any atom is 0.315 e. The molecule has 284 valence electrons. The van der Waals surface area contributed by atoms with Crippen molar-refractivity contribution in [3.8, 4) is 0 Å². The molecule has 1 aromatic carbocycles. The van der Waals surface area contributed by atoms with Gasteiger partial charge in [0.2, 0.25) is 23.5 Å². The molecule has 1 aromatic rings. The first-order valence-corrected chi connectivity index (χ1v) is 19.0. The van der Waals surface area contributed by atoms with Crippen LogP contribution in [-0.4, -0.2) is 95.6 Å². The molecule has 4 N–H and O–H groups in total. The molecule has 12 heteroatoms.